The molecule has 0 spiro atoms. The molecule has 7 nitrogen and oxygen atoms in total. The third-order valence-corrected chi connectivity index (χ3v) is 4.43. The third-order valence-electron chi connectivity index (χ3n) is 4.43. The molecule has 0 bridgehead atoms. The molecule has 1 amide bonds. The maximum Gasteiger partial charge on any atom is 0.306 e. The molecule has 0 aliphatic heterocycles. The summed E-state index contributed by atoms with van der Waals surface area (Å²) in [6, 6.07) is 9.38. The Morgan fingerprint density at radius 3 is 2.31 bits per heavy atom. The van der Waals surface area contributed by atoms with Crippen LogP contribution in [0, 0.1) is 5.41 Å². The van der Waals surface area contributed by atoms with Gasteiger partial charge in [-0.3, -0.25) is 14.4 Å². The second kappa shape index (κ2) is 12.9. The van der Waals surface area contributed by atoms with Crippen molar-refractivity contribution in [3.05, 3.63) is 35.9 Å². The molecule has 0 saturated heterocycles. The zero-order valence-corrected chi connectivity index (χ0v) is 17.6. The van der Waals surface area contributed by atoms with Gasteiger partial charge in [-0.05, 0) is 18.4 Å². The van der Waals surface area contributed by atoms with Gasteiger partial charge in [0.2, 0.25) is 5.91 Å². The van der Waals surface area contributed by atoms with Crippen LogP contribution in [-0.4, -0.2) is 42.2 Å². The van der Waals surface area contributed by atoms with E-state index in [1.54, 1.807) is 13.8 Å². The Bertz CT molecular complexity index is 644. The average molecular weight is 408 g/mol. The van der Waals surface area contributed by atoms with Crippen molar-refractivity contribution in [2.24, 2.45) is 5.41 Å². The molecule has 0 radical (unpaired) electrons. The number of nitrogens with one attached hydrogen (secondary N) is 1. The van der Waals surface area contributed by atoms with Crippen LogP contribution in [-0.2, 0) is 30.5 Å². The molecule has 0 fully saturated rings. The lowest BCUT2D eigenvalue weighted by Gasteiger charge is -2.29. The van der Waals surface area contributed by atoms with E-state index in [1.165, 1.54) is 0 Å². The van der Waals surface area contributed by atoms with E-state index in [9.17, 15) is 19.5 Å². The molecule has 2 N–H and O–H groups in total. The number of unbranched alkanes of at least 4 members (excludes halogenated alkanes) is 1. The number of aliphatic hydroxyl groups excluding tert-OH is 1. The van der Waals surface area contributed by atoms with Crippen LogP contribution in [0.4, 0.5) is 0 Å². The molecule has 1 aromatic rings. The van der Waals surface area contributed by atoms with E-state index in [1.807, 2.05) is 37.3 Å². The summed E-state index contributed by atoms with van der Waals surface area (Å²) in [7, 11) is 0. The van der Waals surface area contributed by atoms with Crippen LogP contribution < -0.4 is 5.32 Å². The minimum absolute atomic E-state index is 0.0457. The smallest absolute Gasteiger partial charge is 0.306 e. The van der Waals surface area contributed by atoms with Crippen LogP contribution in [0.15, 0.2) is 30.3 Å². The first-order valence-electron chi connectivity index (χ1n) is 10.1. The Kier molecular flexibility index (Phi) is 11.0. The third kappa shape index (κ3) is 10.1. The highest BCUT2D eigenvalue weighted by atomic mass is 16.5. The van der Waals surface area contributed by atoms with Crippen LogP contribution >= 0.6 is 0 Å². The van der Waals surface area contributed by atoms with Crippen molar-refractivity contribution in [1.29, 1.82) is 0 Å². The van der Waals surface area contributed by atoms with Crippen LogP contribution in [0.5, 0.6) is 0 Å². The highest BCUT2D eigenvalue weighted by molar-refractivity contribution is 5.81. The van der Waals surface area contributed by atoms with Crippen LogP contribution in [0.3, 0.4) is 0 Å². The lowest BCUT2D eigenvalue weighted by atomic mass is 9.87. The number of hydrogen-bond donors (Lipinski definition) is 2. The summed E-state index contributed by atoms with van der Waals surface area (Å²) in [5.41, 5.74) is -0.00415. The minimum atomic E-state index is -1.33. The van der Waals surface area contributed by atoms with Gasteiger partial charge in [-0.2, -0.15) is 0 Å². The quantitative estimate of drug-likeness (QED) is 0.385. The molecule has 0 aliphatic carbocycles. The molecule has 1 aromatic carbocycles. The number of aliphatic hydroxyl groups is 1. The fourth-order valence-electron chi connectivity index (χ4n) is 2.44. The predicted octanol–water partition coefficient (Wildman–Crippen LogP) is 2.75. The number of hydrogen-bond acceptors (Lipinski definition) is 6. The van der Waals surface area contributed by atoms with E-state index in [2.05, 4.69) is 5.32 Å². The molecule has 1 unspecified atom stereocenters. The molecular weight excluding hydrogens is 374 g/mol. The monoisotopic (exact) mass is 407 g/mol. The van der Waals surface area contributed by atoms with Gasteiger partial charge in [-0.15, -0.1) is 0 Å². The summed E-state index contributed by atoms with van der Waals surface area (Å²) in [5.74, 6) is -1.23. The fraction of sp³-hybridized carbons (Fsp3) is 0.591. The van der Waals surface area contributed by atoms with Gasteiger partial charge in [0.05, 0.1) is 6.61 Å². The van der Waals surface area contributed by atoms with E-state index in [0.29, 0.717) is 12.8 Å². The van der Waals surface area contributed by atoms with Crippen molar-refractivity contribution in [2.45, 2.75) is 65.6 Å². The number of ether oxygens (including phenoxy) is 2. The lowest BCUT2D eigenvalue weighted by Crippen LogP contribution is -2.46. The maximum absolute atomic E-state index is 12.1. The Morgan fingerprint density at radius 1 is 1.03 bits per heavy atom. The lowest BCUT2D eigenvalue weighted by molar-refractivity contribution is -0.153. The summed E-state index contributed by atoms with van der Waals surface area (Å²) in [5, 5.41) is 12.9. The number of benzene rings is 1. The van der Waals surface area contributed by atoms with Gasteiger partial charge in [0.1, 0.15) is 12.7 Å². The summed E-state index contributed by atoms with van der Waals surface area (Å²) in [6.07, 6.45) is 1.21. The van der Waals surface area contributed by atoms with Gasteiger partial charge < -0.3 is 19.9 Å². The summed E-state index contributed by atoms with van der Waals surface area (Å²) >= 11 is 0. The van der Waals surface area contributed by atoms with Gasteiger partial charge >= 0.3 is 11.9 Å². The van der Waals surface area contributed by atoms with E-state index in [-0.39, 0.29) is 38.1 Å². The number of carbonyl (C=O) groups is 3. The predicted molar refractivity (Wildman–Crippen MR) is 109 cm³/mol. The van der Waals surface area contributed by atoms with Gasteiger partial charge in [-0.25, -0.2) is 0 Å². The largest absolute Gasteiger partial charge is 0.465 e. The normalized spacial score (nSPS) is 12.1. The van der Waals surface area contributed by atoms with Crippen LogP contribution in [0.2, 0.25) is 0 Å². The number of esters is 2. The summed E-state index contributed by atoms with van der Waals surface area (Å²) < 4.78 is 10.3. The zero-order chi connectivity index (χ0) is 21.7. The maximum atomic E-state index is 12.1. The molecule has 29 heavy (non-hydrogen) atoms. The van der Waals surface area contributed by atoms with Crippen molar-refractivity contribution in [1.82, 2.24) is 5.32 Å². The molecule has 0 saturated carbocycles. The van der Waals surface area contributed by atoms with E-state index in [4.69, 9.17) is 9.47 Å². The van der Waals surface area contributed by atoms with Gasteiger partial charge in [0, 0.05) is 24.8 Å². The Hall–Kier alpha value is -2.41. The van der Waals surface area contributed by atoms with Gasteiger partial charge in [-0.1, -0.05) is 57.5 Å². The molecule has 162 valence electrons. The van der Waals surface area contributed by atoms with Gasteiger partial charge in [0.15, 0.2) is 0 Å². The van der Waals surface area contributed by atoms with E-state index >= 15 is 0 Å². The highest BCUT2D eigenvalue weighted by Crippen LogP contribution is 2.22. The molecule has 0 aliphatic rings. The second-order valence-corrected chi connectivity index (χ2v) is 7.70. The van der Waals surface area contributed by atoms with Crippen LogP contribution in [0.1, 0.15) is 58.4 Å². The molecule has 7 heteroatoms. The number of carbonyl (C=O) groups excluding carboxylic acids is 3. The number of amides is 1. The van der Waals surface area contributed by atoms with Crippen molar-refractivity contribution < 1.29 is 29.0 Å². The van der Waals surface area contributed by atoms with Crippen molar-refractivity contribution >= 4 is 17.8 Å². The topological polar surface area (TPSA) is 102 Å². The number of rotatable bonds is 13. The van der Waals surface area contributed by atoms with Crippen molar-refractivity contribution in [2.75, 3.05) is 13.2 Å². The standard InChI is InChI=1S/C22H33NO6/c1-4-5-12-19(25)29-16-22(2,3)20(26)21(27)23-14-9-13-18(24)28-15-17-10-7-6-8-11-17/h6-8,10-11,20,26H,4-5,9,12-16H2,1-3H3,(H,23,27). The molecule has 0 heterocycles. The first-order valence-corrected chi connectivity index (χ1v) is 10.1. The molecular formula is C22H33NO6. The summed E-state index contributed by atoms with van der Waals surface area (Å²) in [6.45, 7) is 5.71. The Balaban J connectivity index is 2.24. The fourth-order valence-corrected chi connectivity index (χ4v) is 2.44. The Labute approximate surface area is 172 Å². The molecule has 1 rings (SSSR count). The minimum Gasteiger partial charge on any atom is -0.465 e. The first-order chi connectivity index (χ1) is 13.8. The first kappa shape index (κ1) is 24.6. The van der Waals surface area contributed by atoms with Crippen molar-refractivity contribution in [3.8, 4) is 0 Å². The summed E-state index contributed by atoms with van der Waals surface area (Å²) in [4.78, 5) is 35.5. The Morgan fingerprint density at radius 2 is 1.66 bits per heavy atom. The average Bonchev–Trinajstić information content (AvgIpc) is 2.72. The van der Waals surface area contributed by atoms with Crippen LogP contribution in [0.25, 0.3) is 0 Å². The molecule has 1 atom stereocenters. The zero-order valence-electron chi connectivity index (χ0n) is 17.6. The van der Waals surface area contributed by atoms with E-state index in [0.717, 1.165) is 18.4 Å². The SMILES string of the molecule is CCCCC(=O)OCC(C)(C)C(O)C(=O)NCCCC(=O)OCc1ccccc1. The molecule has 0 aromatic heterocycles. The van der Waals surface area contributed by atoms with Crippen molar-refractivity contribution in [3.63, 3.8) is 0 Å². The van der Waals surface area contributed by atoms with E-state index < -0.39 is 17.4 Å². The van der Waals surface area contributed by atoms with Gasteiger partial charge in [0.25, 0.3) is 0 Å². The highest BCUT2D eigenvalue weighted by Gasteiger charge is 2.34. The second-order valence-electron chi connectivity index (χ2n) is 7.70.